The number of benzene rings is 6. The molecule has 2 heterocycles. The predicted molar refractivity (Wildman–Crippen MR) is 187 cm³/mol. The van der Waals surface area contributed by atoms with E-state index in [1.165, 1.54) is 75.8 Å². The second-order valence-corrected chi connectivity index (χ2v) is 12.6. The van der Waals surface area contributed by atoms with Crippen LogP contribution in [0.1, 0.15) is 11.3 Å². The van der Waals surface area contributed by atoms with E-state index in [9.17, 15) is 0 Å². The molecule has 0 unspecified atom stereocenters. The summed E-state index contributed by atoms with van der Waals surface area (Å²) >= 11 is 1.86. The van der Waals surface area contributed by atoms with E-state index in [0.717, 1.165) is 17.8 Å². The molecule has 1 aliphatic carbocycles. The number of nitrogens with zero attached hydrogens (tertiary/aromatic N) is 1. The minimum atomic E-state index is 0.840. The van der Waals surface area contributed by atoms with Crippen molar-refractivity contribution in [3.63, 3.8) is 0 Å². The first-order chi connectivity index (χ1) is 21.8. The first-order valence-corrected chi connectivity index (χ1v) is 15.9. The Morgan fingerprint density at radius 3 is 1.95 bits per heavy atom. The zero-order valence-corrected chi connectivity index (χ0v) is 24.8. The molecule has 44 heavy (non-hydrogen) atoms. The average Bonchev–Trinajstić information content (AvgIpc) is 3.67. The number of hydrogen-bond donors (Lipinski definition) is 0. The molecular formula is C42H27NS. The molecule has 0 saturated heterocycles. The van der Waals surface area contributed by atoms with E-state index in [1.54, 1.807) is 0 Å². The molecule has 0 N–H and O–H groups in total. The fourth-order valence-corrected chi connectivity index (χ4v) is 8.02. The van der Waals surface area contributed by atoms with Gasteiger partial charge in [0.15, 0.2) is 0 Å². The first-order valence-electron chi connectivity index (χ1n) is 15.1. The van der Waals surface area contributed by atoms with Gasteiger partial charge in [-0.2, -0.15) is 0 Å². The Morgan fingerprint density at radius 1 is 0.432 bits per heavy atom. The monoisotopic (exact) mass is 577 g/mol. The van der Waals surface area contributed by atoms with Gasteiger partial charge in [0.1, 0.15) is 0 Å². The van der Waals surface area contributed by atoms with Crippen molar-refractivity contribution in [1.29, 1.82) is 0 Å². The van der Waals surface area contributed by atoms with Gasteiger partial charge in [0.05, 0.1) is 11.4 Å². The lowest BCUT2D eigenvalue weighted by molar-refractivity contribution is 1.13. The molecule has 0 fully saturated rings. The smallest absolute Gasteiger partial charge is 0.0720 e. The summed E-state index contributed by atoms with van der Waals surface area (Å²) in [6.45, 7) is 0. The number of pyridine rings is 1. The number of hydrogen-bond acceptors (Lipinski definition) is 2. The highest BCUT2D eigenvalue weighted by atomic mass is 32.1. The maximum absolute atomic E-state index is 5.30. The SMILES string of the molecule is c1ccc(-c2ccc(-c3cccc(-c4cccc5c4Cc4nc(-c6cccc7c6sc6ccccc67)ccc4-5)c3)cc2)cc1. The van der Waals surface area contributed by atoms with Gasteiger partial charge in [0.25, 0.3) is 0 Å². The van der Waals surface area contributed by atoms with Gasteiger partial charge in [-0.25, -0.2) is 0 Å². The standard InChI is InChI=1S/C42H27NS/c1-2-9-27(10-3-1)28-19-21-29(22-20-28)30-11-6-12-31(25-30)32-14-7-15-33-34-23-24-39(43-40(34)26-38(32)33)37-17-8-16-36-35-13-4-5-18-41(35)44-42(36)37/h1-25H,26H2. The van der Waals surface area contributed by atoms with Crippen LogP contribution in [-0.2, 0) is 6.42 Å². The van der Waals surface area contributed by atoms with Crippen LogP contribution in [0.4, 0.5) is 0 Å². The molecule has 1 aliphatic rings. The molecule has 9 rings (SSSR count). The van der Waals surface area contributed by atoms with Gasteiger partial charge >= 0.3 is 0 Å². The minimum Gasteiger partial charge on any atom is -0.252 e. The van der Waals surface area contributed by atoms with E-state index < -0.39 is 0 Å². The zero-order valence-electron chi connectivity index (χ0n) is 24.0. The maximum Gasteiger partial charge on any atom is 0.0720 e. The van der Waals surface area contributed by atoms with Crippen LogP contribution in [0, 0.1) is 0 Å². The lowest BCUT2D eigenvalue weighted by atomic mass is 9.93. The van der Waals surface area contributed by atoms with Crippen LogP contribution in [0.15, 0.2) is 152 Å². The highest BCUT2D eigenvalue weighted by Gasteiger charge is 2.24. The predicted octanol–water partition coefficient (Wildman–Crippen LogP) is 11.7. The molecule has 0 aliphatic heterocycles. The van der Waals surface area contributed by atoms with Crippen LogP contribution in [0.25, 0.3) is 75.9 Å². The summed E-state index contributed by atoms with van der Waals surface area (Å²) < 4.78 is 2.63. The molecule has 2 heteroatoms. The van der Waals surface area contributed by atoms with Gasteiger partial charge in [0.2, 0.25) is 0 Å². The van der Waals surface area contributed by atoms with Gasteiger partial charge in [-0.05, 0) is 62.7 Å². The Hall–Kier alpha value is -5.31. The molecule has 2 aromatic heterocycles. The average molecular weight is 578 g/mol. The third-order valence-corrected chi connectivity index (χ3v) is 10.2. The van der Waals surface area contributed by atoms with Gasteiger partial charge in [-0.15, -0.1) is 11.3 Å². The molecule has 6 aromatic carbocycles. The van der Waals surface area contributed by atoms with E-state index in [0.29, 0.717) is 0 Å². The van der Waals surface area contributed by atoms with E-state index in [2.05, 4.69) is 152 Å². The molecule has 0 bridgehead atoms. The van der Waals surface area contributed by atoms with Crippen LogP contribution in [-0.4, -0.2) is 4.98 Å². The number of aromatic nitrogens is 1. The summed E-state index contributed by atoms with van der Waals surface area (Å²) in [6.07, 6.45) is 0.840. The first kappa shape index (κ1) is 25.2. The minimum absolute atomic E-state index is 0.840. The molecule has 0 amide bonds. The highest BCUT2D eigenvalue weighted by molar-refractivity contribution is 7.26. The summed E-state index contributed by atoms with van der Waals surface area (Å²) in [5.74, 6) is 0. The molecule has 0 radical (unpaired) electrons. The lowest BCUT2D eigenvalue weighted by Gasteiger charge is -2.11. The van der Waals surface area contributed by atoms with Gasteiger partial charge in [-0.3, -0.25) is 4.98 Å². The second kappa shape index (κ2) is 10.2. The van der Waals surface area contributed by atoms with Gasteiger partial charge in [-0.1, -0.05) is 133 Å². The highest BCUT2D eigenvalue weighted by Crippen LogP contribution is 2.44. The molecule has 8 aromatic rings. The van der Waals surface area contributed by atoms with Crippen molar-refractivity contribution in [3.05, 3.63) is 163 Å². The lowest BCUT2D eigenvalue weighted by Crippen LogP contribution is -1.92. The van der Waals surface area contributed by atoms with Crippen LogP contribution in [0.5, 0.6) is 0 Å². The van der Waals surface area contributed by atoms with E-state index in [-0.39, 0.29) is 0 Å². The maximum atomic E-state index is 5.30. The second-order valence-electron chi connectivity index (χ2n) is 11.5. The Morgan fingerprint density at radius 2 is 1.07 bits per heavy atom. The van der Waals surface area contributed by atoms with Crippen molar-refractivity contribution in [2.24, 2.45) is 0 Å². The molecule has 1 nitrogen and oxygen atoms in total. The topological polar surface area (TPSA) is 12.9 Å². The Balaban J connectivity index is 1.07. The third-order valence-electron chi connectivity index (χ3n) is 8.96. The normalized spacial score (nSPS) is 12.0. The largest absolute Gasteiger partial charge is 0.252 e. The summed E-state index contributed by atoms with van der Waals surface area (Å²) in [5.41, 5.74) is 14.8. The number of thiophene rings is 1. The Bertz CT molecular complexity index is 2350. The van der Waals surface area contributed by atoms with Crippen molar-refractivity contribution < 1.29 is 0 Å². The zero-order chi connectivity index (χ0) is 29.0. The van der Waals surface area contributed by atoms with E-state index in [1.807, 2.05) is 11.3 Å². The molecule has 0 atom stereocenters. The fraction of sp³-hybridized carbons (Fsp3) is 0.0238. The quantitative estimate of drug-likeness (QED) is 0.203. The fourth-order valence-electron chi connectivity index (χ4n) is 6.80. The molecule has 206 valence electrons. The van der Waals surface area contributed by atoms with Crippen LogP contribution in [0.3, 0.4) is 0 Å². The Labute approximate surface area is 260 Å². The van der Waals surface area contributed by atoms with Crippen molar-refractivity contribution in [1.82, 2.24) is 4.98 Å². The Kier molecular flexibility index (Phi) is 5.82. The van der Waals surface area contributed by atoms with E-state index >= 15 is 0 Å². The number of rotatable bonds is 4. The summed E-state index contributed by atoms with van der Waals surface area (Å²) in [4.78, 5) is 5.30. The van der Waals surface area contributed by atoms with Gasteiger partial charge < -0.3 is 0 Å². The van der Waals surface area contributed by atoms with Crippen molar-refractivity contribution in [2.45, 2.75) is 6.42 Å². The molecule has 0 spiro atoms. The van der Waals surface area contributed by atoms with Crippen LogP contribution >= 0.6 is 11.3 Å². The summed E-state index contributed by atoms with van der Waals surface area (Å²) in [6, 6.07) is 54.9. The van der Waals surface area contributed by atoms with Crippen molar-refractivity contribution >= 4 is 31.5 Å². The summed E-state index contributed by atoms with van der Waals surface area (Å²) in [5, 5.41) is 2.63. The molecular weight excluding hydrogens is 551 g/mol. The molecule has 0 saturated carbocycles. The number of fused-ring (bicyclic) bond motifs is 6. The van der Waals surface area contributed by atoms with Crippen LogP contribution in [0.2, 0.25) is 0 Å². The summed E-state index contributed by atoms with van der Waals surface area (Å²) in [7, 11) is 0. The third kappa shape index (κ3) is 4.11. The van der Waals surface area contributed by atoms with Crippen molar-refractivity contribution in [2.75, 3.05) is 0 Å². The van der Waals surface area contributed by atoms with Crippen molar-refractivity contribution in [3.8, 4) is 55.8 Å². The van der Waals surface area contributed by atoms with E-state index in [4.69, 9.17) is 4.98 Å². The van der Waals surface area contributed by atoms with Gasteiger partial charge in [0, 0.05) is 37.7 Å². The van der Waals surface area contributed by atoms with Crippen LogP contribution < -0.4 is 0 Å².